The molecule has 0 heterocycles. The van der Waals surface area contributed by atoms with E-state index in [1.165, 1.54) is 5.56 Å². The molecule has 3 heteroatoms. The van der Waals surface area contributed by atoms with Gasteiger partial charge < -0.3 is 15.2 Å². The van der Waals surface area contributed by atoms with Gasteiger partial charge in [-0.2, -0.15) is 0 Å². The van der Waals surface area contributed by atoms with Gasteiger partial charge in [0.2, 0.25) is 0 Å². The monoisotopic (exact) mass is 285 g/mol. The van der Waals surface area contributed by atoms with Crippen LogP contribution in [0.25, 0.3) is 0 Å². The lowest BCUT2D eigenvalue weighted by molar-refractivity contribution is 0.284. The SMILES string of the molecule is COc1ccc(CCCCN)cc1OCc1ccccc1. The van der Waals surface area contributed by atoms with E-state index in [1.807, 2.05) is 24.3 Å². The fourth-order valence-corrected chi connectivity index (χ4v) is 2.20. The summed E-state index contributed by atoms with van der Waals surface area (Å²) in [5.41, 5.74) is 7.94. The van der Waals surface area contributed by atoms with E-state index in [-0.39, 0.29) is 0 Å². The van der Waals surface area contributed by atoms with Crippen LogP contribution in [-0.4, -0.2) is 13.7 Å². The van der Waals surface area contributed by atoms with Crippen molar-refractivity contribution in [1.29, 1.82) is 0 Å². The van der Waals surface area contributed by atoms with Crippen molar-refractivity contribution in [2.45, 2.75) is 25.9 Å². The Morgan fingerprint density at radius 2 is 1.71 bits per heavy atom. The summed E-state index contributed by atoms with van der Waals surface area (Å²) in [5, 5.41) is 0. The van der Waals surface area contributed by atoms with Crippen LogP contribution >= 0.6 is 0 Å². The molecule has 2 N–H and O–H groups in total. The second-order valence-electron chi connectivity index (χ2n) is 5.01. The molecule has 2 aromatic rings. The highest BCUT2D eigenvalue weighted by molar-refractivity contribution is 5.43. The van der Waals surface area contributed by atoms with E-state index in [1.54, 1.807) is 7.11 Å². The zero-order valence-electron chi connectivity index (χ0n) is 12.5. The van der Waals surface area contributed by atoms with E-state index >= 15 is 0 Å². The van der Waals surface area contributed by atoms with Gasteiger partial charge >= 0.3 is 0 Å². The molecule has 0 aliphatic heterocycles. The molecule has 21 heavy (non-hydrogen) atoms. The summed E-state index contributed by atoms with van der Waals surface area (Å²) < 4.78 is 11.3. The molecule has 0 unspecified atom stereocenters. The van der Waals surface area contributed by atoms with Gasteiger partial charge in [-0.05, 0) is 49.1 Å². The summed E-state index contributed by atoms with van der Waals surface area (Å²) >= 11 is 0. The second kappa shape index (κ2) is 8.32. The molecule has 0 spiro atoms. The lowest BCUT2D eigenvalue weighted by atomic mass is 10.1. The summed E-state index contributed by atoms with van der Waals surface area (Å²) in [6.45, 7) is 1.29. The highest BCUT2D eigenvalue weighted by Gasteiger charge is 2.06. The number of methoxy groups -OCH3 is 1. The van der Waals surface area contributed by atoms with Crippen LogP contribution in [0.4, 0.5) is 0 Å². The topological polar surface area (TPSA) is 44.5 Å². The zero-order valence-corrected chi connectivity index (χ0v) is 12.5. The number of nitrogens with two attached hydrogens (primary N) is 1. The van der Waals surface area contributed by atoms with Crippen LogP contribution in [0.1, 0.15) is 24.0 Å². The van der Waals surface area contributed by atoms with Gasteiger partial charge in [0.25, 0.3) is 0 Å². The Bertz CT molecular complexity index is 540. The molecule has 0 aliphatic carbocycles. The van der Waals surface area contributed by atoms with Crippen LogP contribution in [0.3, 0.4) is 0 Å². The van der Waals surface area contributed by atoms with E-state index in [0.29, 0.717) is 6.61 Å². The highest BCUT2D eigenvalue weighted by atomic mass is 16.5. The third kappa shape index (κ3) is 4.80. The Morgan fingerprint density at radius 1 is 0.905 bits per heavy atom. The van der Waals surface area contributed by atoms with Crippen LogP contribution in [0, 0.1) is 0 Å². The highest BCUT2D eigenvalue weighted by Crippen LogP contribution is 2.29. The van der Waals surface area contributed by atoms with Crippen molar-refractivity contribution in [2.75, 3.05) is 13.7 Å². The second-order valence-corrected chi connectivity index (χ2v) is 5.01. The van der Waals surface area contributed by atoms with Crippen LogP contribution in [0.15, 0.2) is 48.5 Å². The molecule has 0 aromatic heterocycles. The first kappa shape index (κ1) is 15.4. The minimum atomic E-state index is 0.545. The standard InChI is InChI=1S/C18H23NO2/c1-20-17-11-10-15(7-5-6-12-19)13-18(17)21-14-16-8-3-2-4-9-16/h2-4,8-11,13H,5-7,12,14,19H2,1H3. The number of hydrogen-bond acceptors (Lipinski definition) is 3. The Labute approximate surface area is 126 Å². The third-order valence-electron chi connectivity index (χ3n) is 3.38. The number of hydrogen-bond donors (Lipinski definition) is 1. The van der Waals surface area contributed by atoms with Gasteiger partial charge in [-0.15, -0.1) is 0 Å². The summed E-state index contributed by atoms with van der Waals surface area (Å²) in [6, 6.07) is 16.3. The molecule has 2 rings (SSSR count). The third-order valence-corrected chi connectivity index (χ3v) is 3.38. The molecule has 0 bridgehead atoms. The Morgan fingerprint density at radius 3 is 2.43 bits per heavy atom. The van der Waals surface area contributed by atoms with Crippen LogP contribution in [-0.2, 0) is 13.0 Å². The minimum Gasteiger partial charge on any atom is -0.493 e. The number of rotatable bonds is 8. The van der Waals surface area contributed by atoms with Crippen molar-refractivity contribution in [3.63, 3.8) is 0 Å². The molecule has 112 valence electrons. The van der Waals surface area contributed by atoms with Gasteiger partial charge in [-0.3, -0.25) is 0 Å². The molecule has 2 aromatic carbocycles. The van der Waals surface area contributed by atoms with E-state index in [4.69, 9.17) is 15.2 Å². The first-order chi connectivity index (χ1) is 10.3. The van der Waals surface area contributed by atoms with Gasteiger partial charge in [0.05, 0.1) is 7.11 Å². The van der Waals surface area contributed by atoms with Gasteiger partial charge in [0.15, 0.2) is 11.5 Å². The largest absolute Gasteiger partial charge is 0.493 e. The lowest BCUT2D eigenvalue weighted by Crippen LogP contribution is -2.00. The summed E-state index contributed by atoms with van der Waals surface area (Å²) in [4.78, 5) is 0. The van der Waals surface area contributed by atoms with Crippen molar-refractivity contribution in [1.82, 2.24) is 0 Å². The maximum absolute atomic E-state index is 5.91. The van der Waals surface area contributed by atoms with Gasteiger partial charge in [-0.25, -0.2) is 0 Å². The molecular formula is C18H23NO2. The van der Waals surface area contributed by atoms with Crippen molar-refractivity contribution in [3.05, 3.63) is 59.7 Å². The van der Waals surface area contributed by atoms with Gasteiger partial charge in [0.1, 0.15) is 6.61 Å². The van der Waals surface area contributed by atoms with Crippen molar-refractivity contribution >= 4 is 0 Å². The summed E-state index contributed by atoms with van der Waals surface area (Å²) in [7, 11) is 1.67. The number of benzene rings is 2. The number of aryl methyl sites for hydroxylation is 1. The van der Waals surface area contributed by atoms with Gasteiger partial charge in [-0.1, -0.05) is 36.4 Å². The zero-order chi connectivity index (χ0) is 14.9. The fourth-order valence-electron chi connectivity index (χ4n) is 2.20. The van der Waals surface area contributed by atoms with E-state index in [0.717, 1.165) is 42.9 Å². The maximum Gasteiger partial charge on any atom is 0.161 e. The number of unbranched alkanes of at least 4 members (excludes halogenated alkanes) is 1. The number of ether oxygens (including phenoxy) is 2. The quantitative estimate of drug-likeness (QED) is 0.754. The fraction of sp³-hybridized carbons (Fsp3) is 0.333. The Hall–Kier alpha value is -2.00. The summed E-state index contributed by atoms with van der Waals surface area (Å²) in [6.07, 6.45) is 3.16. The molecule has 0 saturated heterocycles. The molecular weight excluding hydrogens is 262 g/mol. The molecule has 3 nitrogen and oxygen atoms in total. The van der Waals surface area contributed by atoms with Crippen LogP contribution in [0.5, 0.6) is 11.5 Å². The van der Waals surface area contributed by atoms with E-state index in [2.05, 4.69) is 24.3 Å². The first-order valence-corrected chi connectivity index (χ1v) is 7.37. The van der Waals surface area contributed by atoms with Crippen molar-refractivity contribution in [2.24, 2.45) is 5.73 Å². The minimum absolute atomic E-state index is 0.545. The average molecular weight is 285 g/mol. The van der Waals surface area contributed by atoms with Crippen molar-refractivity contribution in [3.8, 4) is 11.5 Å². The Balaban J connectivity index is 2.03. The smallest absolute Gasteiger partial charge is 0.161 e. The lowest BCUT2D eigenvalue weighted by Gasteiger charge is -2.12. The summed E-state index contributed by atoms with van der Waals surface area (Å²) in [5.74, 6) is 1.57. The molecule has 0 fully saturated rings. The first-order valence-electron chi connectivity index (χ1n) is 7.37. The average Bonchev–Trinajstić information content (AvgIpc) is 2.54. The molecule has 0 atom stereocenters. The van der Waals surface area contributed by atoms with Crippen molar-refractivity contribution < 1.29 is 9.47 Å². The molecule has 0 amide bonds. The van der Waals surface area contributed by atoms with Crippen LogP contribution < -0.4 is 15.2 Å². The Kier molecular flexibility index (Phi) is 6.10. The van der Waals surface area contributed by atoms with Crippen LogP contribution in [0.2, 0.25) is 0 Å². The maximum atomic E-state index is 5.91. The van der Waals surface area contributed by atoms with Gasteiger partial charge in [0, 0.05) is 0 Å². The predicted octanol–water partition coefficient (Wildman–Crippen LogP) is 3.56. The normalized spacial score (nSPS) is 10.4. The predicted molar refractivity (Wildman–Crippen MR) is 85.8 cm³/mol. The molecule has 0 radical (unpaired) electrons. The molecule has 0 aliphatic rings. The van der Waals surface area contributed by atoms with E-state index in [9.17, 15) is 0 Å². The van der Waals surface area contributed by atoms with E-state index < -0.39 is 0 Å². The molecule has 0 saturated carbocycles.